The Morgan fingerprint density at radius 2 is 2.12 bits per heavy atom. The fourth-order valence-corrected chi connectivity index (χ4v) is 1.38. The second-order valence-corrected chi connectivity index (χ2v) is 5.02. The molecule has 0 amide bonds. The molecule has 0 saturated heterocycles. The number of hydrogen-bond donors (Lipinski definition) is 0. The maximum absolute atomic E-state index is 11.7. The summed E-state index contributed by atoms with van der Waals surface area (Å²) in [7, 11) is 1.85. The third-order valence-corrected chi connectivity index (χ3v) is 2.14. The van der Waals surface area contributed by atoms with Crippen LogP contribution in [0.4, 0.5) is 0 Å². The van der Waals surface area contributed by atoms with E-state index in [1.54, 1.807) is 4.68 Å². The molecule has 0 radical (unpaired) electrons. The fourth-order valence-electron chi connectivity index (χ4n) is 1.38. The second-order valence-electron chi connectivity index (χ2n) is 5.02. The van der Waals surface area contributed by atoms with Gasteiger partial charge in [0.1, 0.15) is 6.61 Å². The van der Waals surface area contributed by atoms with Gasteiger partial charge in [0, 0.05) is 12.7 Å². The summed E-state index contributed by atoms with van der Waals surface area (Å²) >= 11 is 0. The Morgan fingerprint density at radius 1 is 1.50 bits per heavy atom. The van der Waals surface area contributed by atoms with Gasteiger partial charge in [-0.1, -0.05) is 0 Å². The van der Waals surface area contributed by atoms with E-state index in [0.29, 0.717) is 6.42 Å². The van der Waals surface area contributed by atoms with Crippen molar-refractivity contribution in [2.75, 3.05) is 6.61 Å². The van der Waals surface area contributed by atoms with Gasteiger partial charge in [-0.05, 0) is 33.8 Å². The van der Waals surface area contributed by atoms with Crippen molar-refractivity contribution < 1.29 is 9.53 Å². The molecule has 1 heterocycles. The lowest BCUT2D eigenvalue weighted by molar-refractivity contribution is -0.127. The van der Waals surface area contributed by atoms with Crippen molar-refractivity contribution >= 4 is 5.78 Å². The molecule has 0 N–H and O–H groups in total. The Balaban J connectivity index is 2.49. The van der Waals surface area contributed by atoms with E-state index in [2.05, 4.69) is 5.10 Å². The van der Waals surface area contributed by atoms with E-state index in [9.17, 15) is 4.79 Å². The molecule has 0 atom stereocenters. The van der Waals surface area contributed by atoms with Crippen molar-refractivity contribution in [1.29, 1.82) is 0 Å². The molecule has 1 aromatic rings. The van der Waals surface area contributed by atoms with Crippen LogP contribution in [0.2, 0.25) is 0 Å². The smallest absolute Gasteiger partial charge is 0.164 e. The SMILES string of the molecule is Cc1cc(CC(=O)COC(C)(C)C)n(C)n1. The number of aromatic nitrogens is 2. The van der Waals surface area contributed by atoms with E-state index >= 15 is 0 Å². The van der Waals surface area contributed by atoms with E-state index < -0.39 is 0 Å². The first-order valence-corrected chi connectivity index (χ1v) is 5.43. The third-order valence-electron chi connectivity index (χ3n) is 2.14. The van der Waals surface area contributed by atoms with Crippen molar-refractivity contribution in [2.45, 2.75) is 39.7 Å². The Bertz CT molecular complexity index is 375. The summed E-state index contributed by atoms with van der Waals surface area (Å²) in [6.07, 6.45) is 0.382. The van der Waals surface area contributed by atoms with Gasteiger partial charge in [0.15, 0.2) is 5.78 Å². The third kappa shape index (κ3) is 4.14. The minimum absolute atomic E-state index is 0.0814. The molecule has 90 valence electrons. The monoisotopic (exact) mass is 224 g/mol. The van der Waals surface area contributed by atoms with Gasteiger partial charge >= 0.3 is 0 Å². The van der Waals surface area contributed by atoms with Crippen LogP contribution in [0, 0.1) is 6.92 Å². The molecule has 0 aliphatic rings. The van der Waals surface area contributed by atoms with Gasteiger partial charge in [0.2, 0.25) is 0 Å². The largest absolute Gasteiger partial charge is 0.368 e. The van der Waals surface area contributed by atoms with E-state index in [1.807, 2.05) is 40.8 Å². The zero-order chi connectivity index (χ0) is 12.3. The van der Waals surface area contributed by atoms with Crippen molar-refractivity contribution in [3.8, 4) is 0 Å². The van der Waals surface area contributed by atoms with Crippen molar-refractivity contribution in [3.05, 3.63) is 17.5 Å². The molecule has 0 aliphatic carbocycles. The quantitative estimate of drug-likeness (QED) is 0.781. The molecule has 1 aromatic heterocycles. The van der Waals surface area contributed by atoms with Crippen LogP contribution in [-0.4, -0.2) is 27.8 Å². The van der Waals surface area contributed by atoms with Gasteiger partial charge in [0.05, 0.1) is 17.7 Å². The van der Waals surface area contributed by atoms with Crippen LogP contribution in [0.3, 0.4) is 0 Å². The number of nitrogens with zero attached hydrogens (tertiary/aromatic N) is 2. The molecule has 4 nitrogen and oxygen atoms in total. The number of ether oxygens (including phenoxy) is 1. The number of carbonyl (C=O) groups excluding carboxylic acids is 1. The molecule has 4 heteroatoms. The summed E-state index contributed by atoms with van der Waals surface area (Å²) in [6, 6.07) is 1.93. The number of aryl methyl sites for hydroxylation is 2. The fraction of sp³-hybridized carbons (Fsp3) is 0.667. The van der Waals surface area contributed by atoms with Crippen LogP contribution < -0.4 is 0 Å². The first-order chi connectivity index (χ1) is 7.28. The van der Waals surface area contributed by atoms with Crippen molar-refractivity contribution in [2.24, 2.45) is 7.05 Å². The molecular weight excluding hydrogens is 204 g/mol. The molecular formula is C12H20N2O2. The average molecular weight is 224 g/mol. The van der Waals surface area contributed by atoms with E-state index in [1.165, 1.54) is 0 Å². The maximum Gasteiger partial charge on any atom is 0.164 e. The highest BCUT2D eigenvalue weighted by atomic mass is 16.5. The molecule has 0 spiro atoms. The molecule has 1 rings (SSSR count). The van der Waals surface area contributed by atoms with Crippen LogP contribution in [0.5, 0.6) is 0 Å². The molecule has 0 saturated carbocycles. The summed E-state index contributed by atoms with van der Waals surface area (Å²) in [6.45, 7) is 7.89. The Morgan fingerprint density at radius 3 is 2.56 bits per heavy atom. The molecule has 0 aromatic carbocycles. The van der Waals surface area contributed by atoms with Crippen LogP contribution in [0.15, 0.2) is 6.07 Å². The van der Waals surface area contributed by atoms with E-state index in [0.717, 1.165) is 11.4 Å². The lowest BCUT2D eigenvalue weighted by Crippen LogP contribution is -2.24. The van der Waals surface area contributed by atoms with Gasteiger partial charge in [-0.2, -0.15) is 5.10 Å². The molecule has 0 aliphatic heterocycles. The topological polar surface area (TPSA) is 44.1 Å². The lowest BCUT2D eigenvalue weighted by Gasteiger charge is -2.18. The van der Waals surface area contributed by atoms with Crippen LogP contribution in [-0.2, 0) is 23.0 Å². The highest BCUT2D eigenvalue weighted by Crippen LogP contribution is 2.08. The Labute approximate surface area is 96.6 Å². The predicted octanol–water partition coefficient (Wildman–Crippen LogP) is 1.66. The number of rotatable bonds is 4. The number of ketones is 1. The standard InChI is InChI=1S/C12H20N2O2/c1-9-6-10(14(5)13-9)7-11(15)8-16-12(2,3)4/h6H,7-8H2,1-5H3. The van der Waals surface area contributed by atoms with Crippen LogP contribution in [0.25, 0.3) is 0 Å². The van der Waals surface area contributed by atoms with Gasteiger partial charge in [-0.25, -0.2) is 0 Å². The lowest BCUT2D eigenvalue weighted by atomic mass is 10.2. The average Bonchev–Trinajstić information content (AvgIpc) is 2.41. The highest BCUT2D eigenvalue weighted by molar-refractivity contribution is 5.81. The first-order valence-electron chi connectivity index (χ1n) is 5.43. The summed E-state index contributed by atoms with van der Waals surface area (Å²) in [5.41, 5.74) is 1.60. The van der Waals surface area contributed by atoms with E-state index in [-0.39, 0.29) is 18.0 Å². The van der Waals surface area contributed by atoms with Gasteiger partial charge in [-0.15, -0.1) is 0 Å². The Kier molecular flexibility index (Phi) is 3.86. The molecule has 16 heavy (non-hydrogen) atoms. The van der Waals surface area contributed by atoms with Gasteiger partial charge < -0.3 is 4.74 Å². The summed E-state index contributed by atoms with van der Waals surface area (Å²) in [5.74, 6) is 0.0814. The molecule has 0 unspecified atom stereocenters. The van der Waals surface area contributed by atoms with Crippen LogP contribution >= 0.6 is 0 Å². The summed E-state index contributed by atoms with van der Waals surface area (Å²) in [5, 5.41) is 4.20. The summed E-state index contributed by atoms with van der Waals surface area (Å²) < 4.78 is 7.17. The molecule has 0 bridgehead atoms. The minimum Gasteiger partial charge on any atom is -0.368 e. The second kappa shape index (κ2) is 4.78. The van der Waals surface area contributed by atoms with Gasteiger partial charge in [-0.3, -0.25) is 9.48 Å². The minimum atomic E-state index is -0.266. The molecule has 0 fully saturated rings. The first kappa shape index (κ1) is 12.9. The summed E-state index contributed by atoms with van der Waals surface area (Å²) in [4.78, 5) is 11.7. The highest BCUT2D eigenvalue weighted by Gasteiger charge is 2.14. The predicted molar refractivity (Wildman–Crippen MR) is 62.4 cm³/mol. The number of carbonyl (C=O) groups is 1. The number of hydrogen-bond acceptors (Lipinski definition) is 3. The van der Waals surface area contributed by atoms with Crippen molar-refractivity contribution in [1.82, 2.24) is 9.78 Å². The van der Waals surface area contributed by atoms with Gasteiger partial charge in [0.25, 0.3) is 0 Å². The Hall–Kier alpha value is -1.16. The zero-order valence-corrected chi connectivity index (χ0v) is 10.7. The van der Waals surface area contributed by atoms with Crippen LogP contribution in [0.1, 0.15) is 32.2 Å². The maximum atomic E-state index is 11.7. The number of Topliss-reactive ketones (excluding diaryl/α,β-unsaturated/α-hetero) is 1. The zero-order valence-electron chi connectivity index (χ0n) is 10.7. The van der Waals surface area contributed by atoms with E-state index in [4.69, 9.17) is 4.74 Å². The van der Waals surface area contributed by atoms with Crippen molar-refractivity contribution in [3.63, 3.8) is 0 Å². The normalized spacial score (nSPS) is 11.8.